The van der Waals surface area contributed by atoms with Crippen LogP contribution in [0, 0.1) is 17.3 Å². The van der Waals surface area contributed by atoms with E-state index < -0.39 is 6.10 Å². The summed E-state index contributed by atoms with van der Waals surface area (Å²) in [6.45, 7) is 1.40. The fraction of sp³-hybridized carbons (Fsp3) is 0.857. The molecule has 3 aliphatic rings. The average molecular weight is 236 g/mol. The topological polar surface area (TPSA) is 43.4 Å². The van der Waals surface area contributed by atoms with E-state index in [1.54, 1.807) is 0 Å². The quantitative estimate of drug-likeness (QED) is 0.657. The molecule has 1 spiro atoms. The molecular formula is C14H20O3. The highest BCUT2D eigenvalue weighted by atomic mass is 16.5. The van der Waals surface area contributed by atoms with Gasteiger partial charge < -0.3 is 4.74 Å². The molecule has 3 fully saturated rings. The van der Waals surface area contributed by atoms with Gasteiger partial charge in [-0.3, -0.25) is 9.59 Å². The van der Waals surface area contributed by atoms with Gasteiger partial charge in [-0.2, -0.15) is 0 Å². The largest absolute Gasteiger partial charge is 0.455 e. The van der Waals surface area contributed by atoms with E-state index >= 15 is 0 Å². The Balaban J connectivity index is 1.79. The van der Waals surface area contributed by atoms with Gasteiger partial charge in [0.05, 0.1) is 0 Å². The lowest BCUT2D eigenvalue weighted by Gasteiger charge is -2.42. The molecular weight excluding hydrogens is 216 g/mol. The van der Waals surface area contributed by atoms with Crippen LogP contribution in [0.1, 0.15) is 51.9 Å². The predicted molar refractivity (Wildman–Crippen MR) is 62.3 cm³/mol. The molecule has 0 saturated heterocycles. The minimum atomic E-state index is -0.436. The van der Waals surface area contributed by atoms with Crippen molar-refractivity contribution >= 4 is 11.8 Å². The smallest absolute Gasteiger partial charge is 0.303 e. The third-order valence-electron chi connectivity index (χ3n) is 5.01. The van der Waals surface area contributed by atoms with Crippen molar-refractivity contribution < 1.29 is 14.3 Å². The third-order valence-corrected chi connectivity index (χ3v) is 5.01. The molecule has 0 bridgehead atoms. The molecule has 3 aliphatic carbocycles. The molecule has 3 unspecified atom stereocenters. The number of hydrogen-bond donors (Lipinski definition) is 0. The maximum absolute atomic E-state index is 12.1. The molecule has 3 saturated carbocycles. The zero-order valence-electron chi connectivity index (χ0n) is 10.4. The minimum Gasteiger partial charge on any atom is -0.455 e. The summed E-state index contributed by atoms with van der Waals surface area (Å²) in [5.74, 6) is 0.711. The molecule has 3 heteroatoms. The van der Waals surface area contributed by atoms with E-state index in [4.69, 9.17) is 4.74 Å². The Morgan fingerprint density at radius 1 is 1.29 bits per heavy atom. The van der Waals surface area contributed by atoms with Crippen LogP contribution in [-0.2, 0) is 14.3 Å². The van der Waals surface area contributed by atoms with Crippen LogP contribution in [0.15, 0.2) is 0 Å². The van der Waals surface area contributed by atoms with Crippen LogP contribution < -0.4 is 0 Å². The Hall–Kier alpha value is -0.860. The van der Waals surface area contributed by atoms with E-state index in [9.17, 15) is 9.59 Å². The highest BCUT2D eigenvalue weighted by Crippen LogP contribution is 2.63. The lowest BCUT2D eigenvalue weighted by molar-refractivity contribution is -0.159. The van der Waals surface area contributed by atoms with Crippen molar-refractivity contribution in [3.8, 4) is 0 Å². The molecule has 17 heavy (non-hydrogen) atoms. The van der Waals surface area contributed by atoms with E-state index in [1.165, 1.54) is 39.0 Å². The molecule has 0 heterocycles. The molecule has 0 aliphatic heterocycles. The number of carbonyl (C=O) groups is 2. The number of fused-ring (bicyclic) bond motifs is 2. The zero-order valence-corrected chi connectivity index (χ0v) is 10.4. The van der Waals surface area contributed by atoms with E-state index in [-0.39, 0.29) is 17.7 Å². The number of carbonyl (C=O) groups excluding carboxylic acids is 2. The Kier molecular flexibility index (Phi) is 2.53. The summed E-state index contributed by atoms with van der Waals surface area (Å²) in [6, 6.07) is 0. The van der Waals surface area contributed by atoms with Gasteiger partial charge in [-0.25, -0.2) is 0 Å². The molecule has 0 radical (unpaired) electrons. The monoisotopic (exact) mass is 236 g/mol. The minimum absolute atomic E-state index is 0.196. The van der Waals surface area contributed by atoms with Crippen LogP contribution in [0.25, 0.3) is 0 Å². The Labute approximate surface area is 102 Å². The van der Waals surface area contributed by atoms with Crippen LogP contribution in [0.2, 0.25) is 0 Å². The first kappa shape index (κ1) is 11.2. The molecule has 94 valence electrons. The molecule has 3 nitrogen and oxygen atoms in total. The number of esters is 1. The van der Waals surface area contributed by atoms with Crippen molar-refractivity contribution in [2.75, 3.05) is 0 Å². The van der Waals surface area contributed by atoms with Gasteiger partial charge in [0, 0.05) is 12.8 Å². The fourth-order valence-corrected chi connectivity index (χ4v) is 4.18. The van der Waals surface area contributed by atoms with E-state index in [2.05, 4.69) is 0 Å². The summed E-state index contributed by atoms with van der Waals surface area (Å²) in [4.78, 5) is 23.1. The van der Waals surface area contributed by atoms with Crippen LogP contribution in [0.4, 0.5) is 0 Å². The molecule has 0 aromatic carbocycles. The van der Waals surface area contributed by atoms with Gasteiger partial charge >= 0.3 is 5.97 Å². The SMILES string of the molecule is CC(=O)OC1CC2(CCCCC2)C2CC2C1=O. The second-order valence-electron chi connectivity index (χ2n) is 6.08. The van der Waals surface area contributed by atoms with Gasteiger partial charge in [-0.1, -0.05) is 19.3 Å². The zero-order chi connectivity index (χ0) is 12.0. The molecule has 0 aromatic rings. The molecule has 0 N–H and O–H groups in total. The summed E-state index contributed by atoms with van der Waals surface area (Å²) in [5, 5.41) is 0. The second kappa shape index (κ2) is 3.82. The number of ketones is 1. The predicted octanol–water partition coefficient (Wildman–Crippen LogP) is 2.48. The number of ether oxygens (including phenoxy) is 1. The molecule has 3 atom stereocenters. The Bertz CT molecular complexity index is 354. The van der Waals surface area contributed by atoms with Crippen molar-refractivity contribution in [1.29, 1.82) is 0 Å². The molecule has 3 rings (SSSR count). The van der Waals surface area contributed by atoms with Crippen LogP contribution in [0.3, 0.4) is 0 Å². The van der Waals surface area contributed by atoms with Crippen molar-refractivity contribution in [2.24, 2.45) is 17.3 Å². The van der Waals surface area contributed by atoms with E-state index in [0.717, 1.165) is 12.8 Å². The Morgan fingerprint density at radius 3 is 2.65 bits per heavy atom. The average Bonchev–Trinajstić information content (AvgIpc) is 3.07. The van der Waals surface area contributed by atoms with Gasteiger partial charge in [0.2, 0.25) is 0 Å². The second-order valence-corrected chi connectivity index (χ2v) is 6.08. The Morgan fingerprint density at radius 2 is 2.00 bits per heavy atom. The first-order valence-corrected chi connectivity index (χ1v) is 6.83. The standard InChI is InChI=1S/C14H20O3/c1-9(15)17-12-8-14(5-3-2-4-6-14)11-7-10(11)13(12)16/h10-12H,2-8H2,1H3. The van der Waals surface area contributed by atoms with Crippen molar-refractivity contribution in [3.05, 3.63) is 0 Å². The summed E-state index contributed by atoms with van der Waals surface area (Å²) < 4.78 is 5.24. The number of rotatable bonds is 1. The van der Waals surface area contributed by atoms with E-state index in [0.29, 0.717) is 11.3 Å². The van der Waals surface area contributed by atoms with Gasteiger partial charge in [-0.05, 0) is 37.0 Å². The summed E-state index contributed by atoms with van der Waals surface area (Å²) in [5.41, 5.74) is 0.330. The lowest BCUT2D eigenvalue weighted by Crippen LogP contribution is -2.42. The highest BCUT2D eigenvalue weighted by Gasteiger charge is 2.62. The number of hydrogen-bond acceptors (Lipinski definition) is 3. The van der Waals surface area contributed by atoms with Crippen molar-refractivity contribution in [3.63, 3.8) is 0 Å². The molecule has 0 aromatic heterocycles. The highest BCUT2D eigenvalue weighted by molar-refractivity contribution is 5.90. The van der Waals surface area contributed by atoms with Crippen LogP contribution in [0.5, 0.6) is 0 Å². The van der Waals surface area contributed by atoms with Gasteiger partial charge in [-0.15, -0.1) is 0 Å². The normalized spacial score (nSPS) is 38.6. The van der Waals surface area contributed by atoms with Crippen LogP contribution >= 0.6 is 0 Å². The van der Waals surface area contributed by atoms with Crippen molar-refractivity contribution in [1.82, 2.24) is 0 Å². The summed E-state index contributed by atoms with van der Waals surface area (Å²) in [7, 11) is 0. The maximum Gasteiger partial charge on any atom is 0.303 e. The van der Waals surface area contributed by atoms with E-state index in [1.807, 2.05) is 0 Å². The first-order chi connectivity index (χ1) is 8.12. The number of Topliss-reactive ketones (excluding diaryl/α,β-unsaturated/α-hetero) is 1. The van der Waals surface area contributed by atoms with Crippen molar-refractivity contribution in [2.45, 2.75) is 58.0 Å². The van der Waals surface area contributed by atoms with Gasteiger partial charge in [0.25, 0.3) is 0 Å². The third kappa shape index (κ3) is 1.80. The molecule has 0 amide bonds. The first-order valence-electron chi connectivity index (χ1n) is 6.83. The van der Waals surface area contributed by atoms with Gasteiger partial charge in [0.15, 0.2) is 11.9 Å². The fourth-order valence-electron chi connectivity index (χ4n) is 4.18. The maximum atomic E-state index is 12.1. The van der Waals surface area contributed by atoms with Crippen LogP contribution in [-0.4, -0.2) is 17.9 Å². The van der Waals surface area contributed by atoms with Gasteiger partial charge in [0.1, 0.15) is 0 Å². The summed E-state index contributed by atoms with van der Waals surface area (Å²) in [6.07, 6.45) is 7.77. The summed E-state index contributed by atoms with van der Waals surface area (Å²) >= 11 is 0. The lowest BCUT2D eigenvalue weighted by atomic mass is 9.64.